The third-order valence-corrected chi connectivity index (χ3v) is 5.16. The van der Waals surface area contributed by atoms with E-state index in [1.165, 1.54) is 11.0 Å². The second-order valence-electron chi connectivity index (χ2n) is 6.88. The van der Waals surface area contributed by atoms with Crippen LogP contribution in [0.3, 0.4) is 0 Å². The van der Waals surface area contributed by atoms with Crippen molar-refractivity contribution in [2.75, 3.05) is 40.9 Å². The molecule has 29 heavy (non-hydrogen) atoms. The van der Waals surface area contributed by atoms with Crippen LogP contribution in [0.25, 0.3) is 0 Å². The van der Waals surface area contributed by atoms with E-state index in [0.29, 0.717) is 43.4 Å². The molecule has 1 aromatic heterocycles. The monoisotopic (exact) mass is 398 g/mol. The number of carbonyl (C=O) groups is 1. The molecule has 0 aliphatic carbocycles. The smallest absolute Gasteiger partial charge is 0.417 e. The highest BCUT2D eigenvalue weighted by molar-refractivity contribution is 5.90. The second-order valence-corrected chi connectivity index (χ2v) is 6.88. The summed E-state index contributed by atoms with van der Waals surface area (Å²) in [4.78, 5) is 17.1. The predicted molar refractivity (Wildman–Crippen MR) is 102 cm³/mol. The number of cyclic esters (lactones) is 1. The highest BCUT2D eigenvalue weighted by Crippen LogP contribution is 2.30. The lowest BCUT2D eigenvalue weighted by molar-refractivity contribution is -0.0312. The van der Waals surface area contributed by atoms with Gasteiger partial charge in [0.25, 0.3) is 0 Å². The number of rotatable bonds is 3. The molecule has 1 N–H and O–H groups in total. The third kappa shape index (κ3) is 3.52. The van der Waals surface area contributed by atoms with Gasteiger partial charge in [-0.3, -0.25) is 4.90 Å². The first-order chi connectivity index (χ1) is 14.0. The van der Waals surface area contributed by atoms with Crippen molar-refractivity contribution in [3.8, 4) is 6.07 Å². The first-order valence-corrected chi connectivity index (χ1v) is 9.19. The highest BCUT2D eigenvalue weighted by Gasteiger charge is 2.39. The molecule has 2 aliphatic rings. The lowest BCUT2D eigenvalue weighted by Gasteiger charge is -2.36. The molecule has 2 fully saturated rings. The number of amides is 1. The highest BCUT2D eigenvalue weighted by atomic mass is 19.1. The van der Waals surface area contributed by atoms with E-state index in [9.17, 15) is 14.3 Å². The molecular formula is C19H19FN6O3. The van der Waals surface area contributed by atoms with Crippen LogP contribution in [0.4, 0.5) is 26.4 Å². The van der Waals surface area contributed by atoms with Crippen LogP contribution in [0.1, 0.15) is 12.6 Å². The van der Waals surface area contributed by atoms with Crippen molar-refractivity contribution < 1.29 is 19.0 Å². The minimum atomic E-state index is -1.23. The van der Waals surface area contributed by atoms with E-state index in [1.54, 1.807) is 31.2 Å². The lowest BCUT2D eigenvalue weighted by Crippen LogP contribution is -2.47. The summed E-state index contributed by atoms with van der Waals surface area (Å²) in [6.45, 7) is 4.05. The summed E-state index contributed by atoms with van der Waals surface area (Å²) in [7, 11) is 0. The van der Waals surface area contributed by atoms with Crippen LogP contribution in [0.15, 0.2) is 30.3 Å². The number of anilines is 3. The zero-order chi connectivity index (χ0) is 20.5. The largest absolute Gasteiger partial charge is 0.417 e. The maximum Gasteiger partial charge on any atom is 0.417 e. The lowest BCUT2D eigenvalue weighted by atomic mass is 10.2. The summed E-state index contributed by atoms with van der Waals surface area (Å²) in [6.07, 6.45) is -1.93. The Morgan fingerprint density at radius 1 is 1.17 bits per heavy atom. The Hall–Kier alpha value is -3.45. The van der Waals surface area contributed by atoms with Gasteiger partial charge in [-0.1, -0.05) is 0 Å². The number of benzene rings is 1. The minimum Gasteiger partial charge on any atom is -0.417 e. The molecule has 0 spiro atoms. The number of halogens is 1. The summed E-state index contributed by atoms with van der Waals surface area (Å²) in [6, 6.07) is 9.27. The molecular weight excluding hydrogens is 379 g/mol. The van der Waals surface area contributed by atoms with E-state index < -0.39 is 24.2 Å². The Bertz CT molecular complexity index is 955. The van der Waals surface area contributed by atoms with Crippen molar-refractivity contribution in [2.24, 2.45) is 0 Å². The molecule has 150 valence electrons. The number of aliphatic hydroxyl groups is 1. The number of aliphatic hydroxyl groups excluding tert-OH is 1. The quantitative estimate of drug-likeness (QED) is 0.829. The summed E-state index contributed by atoms with van der Waals surface area (Å²) >= 11 is 0. The number of carbonyl (C=O) groups excluding carboxylic acids is 1. The Kier molecular flexibility index (Phi) is 4.90. The van der Waals surface area contributed by atoms with Gasteiger partial charge in [0.2, 0.25) is 6.29 Å². The van der Waals surface area contributed by atoms with Gasteiger partial charge in [-0.15, -0.1) is 10.2 Å². The molecule has 1 aromatic carbocycles. The van der Waals surface area contributed by atoms with Gasteiger partial charge in [-0.25, -0.2) is 9.18 Å². The fraction of sp³-hybridized carbons (Fsp3) is 0.368. The maximum absolute atomic E-state index is 14.8. The molecule has 2 aromatic rings. The van der Waals surface area contributed by atoms with E-state index >= 15 is 0 Å². The number of ether oxygens (including phenoxy) is 1. The average Bonchev–Trinajstić information content (AvgIpc) is 2.99. The van der Waals surface area contributed by atoms with Crippen molar-refractivity contribution >= 4 is 23.3 Å². The van der Waals surface area contributed by atoms with Gasteiger partial charge in [0.05, 0.1) is 17.4 Å². The van der Waals surface area contributed by atoms with Crippen molar-refractivity contribution in [3.63, 3.8) is 0 Å². The number of piperazine rings is 1. The zero-order valence-electron chi connectivity index (χ0n) is 15.7. The third-order valence-electron chi connectivity index (χ3n) is 5.16. The Labute approximate surface area is 166 Å². The molecule has 2 aliphatic heterocycles. The molecule has 1 amide bonds. The standard InChI is InChI=1S/C19H19FN6O3/c1-12-18(27)29-19(28)26(12)14-3-4-16(15(20)10-14)24-6-8-25(9-7-24)17-5-2-13(11-21)22-23-17/h2-5,10,12,18,27H,6-9H2,1H3/t12?,18-/m1/s1. The van der Waals surface area contributed by atoms with E-state index in [-0.39, 0.29) is 5.69 Å². The summed E-state index contributed by atoms with van der Waals surface area (Å²) in [5, 5.41) is 26.4. The van der Waals surface area contributed by atoms with Crippen LogP contribution < -0.4 is 14.7 Å². The van der Waals surface area contributed by atoms with Gasteiger partial charge in [0, 0.05) is 26.2 Å². The van der Waals surface area contributed by atoms with Crippen molar-refractivity contribution in [3.05, 3.63) is 41.8 Å². The second kappa shape index (κ2) is 7.52. The van der Waals surface area contributed by atoms with Gasteiger partial charge in [-0.2, -0.15) is 5.26 Å². The molecule has 3 heterocycles. The van der Waals surface area contributed by atoms with Crippen LogP contribution in [-0.4, -0.2) is 59.9 Å². The van der Waals surface area contributed by atoms with Crippen molar-refractivity contribution in [1.82, 2.24) is 10.2 Å². The van der Waals surface area contributed by atoms with Gasteiger partial charge in [0.15, 0.2) is 11.5 Å². The van der Waals surface area contributed by atoms with E-state index in [1.807, 2.05) is 15.9 Å². The predicted octanol–water partition coefficient (Wildman–Crippen LogP) is 1.48. The normalized spacial score (nSPS) is 21.9. The molecule has 2 atom stereocenters. The molecule has 0 radical (unpaired) electrons. The Balaban J connectivity index is 1.45. The van der Waals surface area contributed by atoms with Crippen LogP contribution in [0.5, 0.6) is 0 Å². The van der Waals surface area contributed by atoms with Crippen LogP contribution >= 0.6 is 0 Å². The van der Waals surface area contributed by atoms with E-state index in [2.05, 4.69) is 10.2 Å². The summed E-state index contributed by atoms with van der Waals surface area (Å²) in [5.74, 6) is 0.232. The minimum absolute atomic E-state index is 0.262. The molecule has 4 rings (SSSR count). The number of hydrogen-bond donors (Lipinski definition) is 1. The topological polar surface area (TPSA) is 106 Å². The van der Waals surface area contributed by atoms with E-state index in [4.69, 9.17) is 10.00 Å². The Morgan fingerprint density at radius 2 is 1.90 bits per heavy atom. The van der Waals surface area contributed by atoms with Gasteiger partial charge in [0.1, 0.15) is 11.9 Å². The van der Waals surface area contributed by atoms with Gasteiger partial charge in [-0.05, 0) is 37.3 Å². The van der Waals surface area contributed by atoms with Crippen molar-refractivity contribution in [1.29, 1.82) is 5.26 Å². The van der Waals surface area contributed by atoms with Gasteiger partial charge < -0.3 is 19.6 Å². The SMILES string of the molecule is CC1[C@H](O)OC(=O)N1c1ccc(N2CCN(c3ccc(C#N)nn3)CC2)c(F)c1. The molecule has 9 nitrogen and oxygen atoms in total. The Morgan fingerprint density at radius 3 is 2.45 bits per heavy atom. The fourth-order valence-electron chi connectivity index (χ4n) is 3.52. The number of nitriles is 1. The molecule has 1 unspecified atom stereocenters. The summed E-state index contributed by atoms with van der Waals surface area (Å²) < 4.78 is 19.6. The number of nitrogens with zero attached hydrogens (tertiary/aromatic N) is 6. The van der Waals surface area contributed by atoms with Crippen molar-refractivity contribution in [2.45, 2.75) is 19.3 Å². The van der Waals surface area contributed by atoms with E-state index in [0.717, 1.165) is 0 Å². The molecule has 0 bridgehead atoms. The maximum atomic E-state index is 14.8. The fourth-order valence-corrected chi connectivity index (χ4v) is 3.52. The molecule has 2 saturated heterocycles. The zero-order valence-corrected chi connectivity index (χ0v) is 15.7. The average molecular weight is 398 g/mol. The number of aromatic nitrogens is 2. The first kappa shape index (κ1) is 18.9. The van der Waals surface area contributed by atoms with Crippen LogP contribution in [0.2, 0.25) is 0 Å². The van der Waals surface area contributed by atoms with Gasteiger partial charge >= 0.3 is 6.09 Å². The van der Waals surface area contributed by atoms with Crippen LogP contribution in [-0.2, 0) is 4.74 Å². The molecule has 10 heteroatoms. The van der Waals surface area contributed by atoms with Crippen LogP contribution in [0, 0.1) is 17.1 Å². The first-order valence-electron chi connectivity index (χ1n) is 9.19. The molecule has 0 saturated carbocycles. The number of hydrogen-bond acceptors (Lipinski definition) is 8. The summed E-state index contributed by atoms with van der Waals surface area (Å²) in [5.41, 5.74) is 1.05.